The van der Waals surface area contributed by atoms with Crippen LogP contribution in [0.1, 0.15) is 45.9 Å². The zero-order valence-corrected chi connectivity index (χ0v) is 22.2. The lowest BCUT2D eigenvalue weighted by Gasteiger charge is -2.23. The van der Waals surface area contributed by atoms with Crippen molar-refractivity contribution in [3.63, 3.8) is 0 Å². The van der Waals surface area contributed by atoms with Crippen LogP contribution in [0.2, 0.25) is 5.02 Å². The van der Waals surface area contributed by atoms with Crippen molar-refractivity contribution in [3.8, 4) is 17.0 Å². The van der Waals surface area contributed by atoms with Crippen molar-refractivity contribution in [2.75, 3.05) is 23.4 Å². The van der Waals surface area contributed by atoms with Crippen LogP contribution in [-0.2, 0) is 17.8 Å². The lowest BCUT2D eigenvalue weighted by molar-refractivity contribution is 0.0848. The average molecular weight is 556 g/mol. The predicted octanol–water partition coefficient (Wildman–Crippen LogP) is 5.14. The third-order valence-corrected chi connectivity index (χ3v) is 7.80. The Bertz CT molecular complexity index is 1730. The molecule has 202 valence electrons. The summed E-state index contributed by atoms with van der Waals surface area (Å²) < 4.78 is 7.39. The van der Waals surface area contributed by atoms with Gasteiger partial charge in [0.05, 0.1) is 11.9 Å². The van der Waals surface area contributed by atoms with E-state index in [-0.39, 0.29) is 17.6 Å². The highest BCUT2D eigenvalue weighted by Gasteiger charge is 2.31. The molecule has 0 bridgehead atoms. The van der Waals surface area contributed by atoms with Gasteiger partial charge in [0, 0.05) is 66.5 Å². The first-order chi connectivity index (χ1) is 19.5. The number of fused-ring (bicyclic) bond motifs is 2. The van der Waals surface area contributed by atoms with E-state index in [2.05, 4.69) is 26.5 Å². The molecule has 2 aromatic carbocycles. The molecule has 1 saturated heterocycles. The van der Waals surface area contributed by atoms with E-state index in [9.17, 15) is 9.90 Å². The van der Waals surface area contributed by atoms with E-state index < -0.39 is 0 Å². The quantitative estimate of drug-likeness (QED) is 0.274. The number of rotatable bonds is 5. The number of phenols is 1. The number of carbonyl (C=O) groups is 1. The van der Waals surface area contributed by atoms with Crippen molar-refractivity contribution in [1.29, 1.82) is 0 Å². The summed E-state index contributed by atoms with van der Waals surface area (Å²) >= 11 is 6.28. The van der Waals surface area contributed by atoms with Crippen molar-refractivity contribution in [3.05, 3.63) is 88.3 Å². The molecule has 40 heavy (non-hydrogen) atoms. The Morgan fingerprint density at radius 1 is 1.10 bits per heavy atom. The maximum atomic E-state index is 13.7. The molecule has 1 fully saturated rings. The molecule has 0 unspecified atom stereocenters. The molecule has 0 atom stereocenters. The smallest absolute Gasteiger partial charge is 0.276 e. The van der Waals surface area contributed by atoms with Crippen molar-refractivity contribution in [1.82, 2.24) is 24.8 Å². The number of halogens is 1. The summed E-state index contributed by atoms with van der Waals surface area (Å²) in [6.45, 7) is 2.58. The molecule has 1 amide bonds. The normalized spacial score (nSPS) is 15.5. The Morgan fingerprint density at radius 2 is 1.95 bits per heavy atom. The van der Waals surface area contributed by atoms with Gasteiger partial charge in [-0.2, -0.15) is 10.2 Å². The molecule has 10 nitrogen and oxygen atoms in total. The third-order valence-electron chi connectivity index (χ3n) is 7.57. The number of anilines is 2. The van der Waals surface area contributed by atoms with Gasteiger partial charge in [-0.05, 0) is 54.2 Å². The molecular formula is C29H26ClN7O3. The van der Waals surface area contributed by atoms with E-state index in [1.807, 2.05) is 18.2 Å². The van der Waals surface area contributed by atoms with E-state index in [1.165, 1.54) is 17.2 Å². The van der Waals surface area contributed by atoms with E-state index in [1.54, 1.807) is 35.1 Å². The van der Waals surface area contributed by atoms with Gasteiger partial charge in [0.2, 0.25) is 0 Å². The summed E-state index contributed by atoms with van der Waals surface area (Å²) in [5.41, 5.74) is 6.20. The van der Waals surface area contributed by atoms with E-state index >= 15 is 0 Å². The van der Waals surface area contributed by atoms with Crippen LogP contribution >= 0.6 is 11.6 Å². The molecule has 0 saturated carbocycles. The first-order valence-corrected chi connectivity index (χ1v) is 13.5. The topological polar surface area (TPSA) is 121 Å². The molecule has 5 heterocycles. The van der Waals surface area contributed by atoms with Gasteiger partial charge in [-0.3, -0.25) is 9.89 Å². The van der Waals surface area contributed by atoms with Crippen molar-refractivity contribution >= 4 is 34.7 Å². The molecule has 0 spiro atoms. The largest absolute Gasteiger partial charge is 0.508 e. The van der Waals surface area contributed by atoms with Crippen LogP contribution in [0.5, 0.6) is 5.75 Å². The Kier molecular flexibility index (Phi) is 6.13. The molecule has 2 aliphatic rings. The fraction of sp³-hybridized carbons (Fsp3) is 0.241. The third kappa shape index (κ3) is 4.44. The summed E-state index contributed by atoms with van der Waals surface area (Å²) in [5, 5.41) is 25.4. The second kappa shape index (κ2) is 9.96. The Labute approximate surface area is 234 Å². The zero-order valence-electron chi connectivity index (χ0n) is 21.5. The molecule has 0 radical (unpaired) electrons. The molecule has 2 aliphatic heterocycles. The molecule has 11 heteroatoms. The van der Waals surface area contributed by atoms with Gasteiger partial charge in [0.25, 0.3) is 5.91 Å². The fourth-order valence-corrected chi connectivity index (χ4v) is 5.80. The highest BCUT2D eigenvalue weighted by molar-refractivity contribution is 6.30. The van der Waals surface area contributed by atoms with Gasteiger partial charge < -0.3 is 20.1 Å². The van der Waals surface area contributed by atoms with Crippen LogP contribution in [0.3, 0.4) is 0 Å². The lowest BCUT2D eigenvalue weighted by Crippen LogP contribution is -2.20. The molecular weight excluding hydrogens is 530 g/mol. The van der Waals surface area contributed by atoms with Crippen LogP contribution < -0.4 is 10.2 Å². The Balaban J connectivity index is 1.39. The van der Waals surface area contributed by atoms with Gasteiger partial charge in [-0.1, -0.05) is 23.7 Å². The summed E-state index contributed by atoms with van der Waals surface area (Å²) in [6.07, 6.45) is 5.06. The van der Waals surface area contributed by atoms with E-state index in [0.29, 0.717) is 48.4 Å². The number of aromatic hydroxyl groups is 1. The molecule has 3 N–H and O–H groups in total. The molecule has 7 rings (SSSR count). The van der Waals surface area contributed by atoms with Crippen molar-refractivity contribution in [2.45, 2.75) is 31.8 Å². The summed E-state index contributed by atoms with van der Waals surface area (Å²) in [4.78, 5) is 21.0. The fourth-order valence-electron chi connectivity index (χ4n) is 5.61. The van der Waals surface area contributed by atoms with Gasteiger partial charge in [-0.15, -0.1) is 0 Å². The maximum absolute atomic E-state index is 13.7. The number of amides is 1. The SMILES string of the molecule is O=C(Nc1cccc(O)c1)c1nn2c(-c3cn[nH]c3)cc(N3Cc4ccc(Cl)cc4C3)nc2c1C1CCOCC1. The standard InChI is InChI=1S/C29H26ClN7O3/c30-21-5-4-18-15-36(16-19(18)10-21)25-12-24(20-13-31-32-14-20)37-28(34-25)26(17-6-8-40-9-7-17)27(35-37)29(39)33-22-2-1-3-23(38)11-22/h1-5,10-14,17,38H,6-9,15-16H2,(H,31,32)(H,33,39). The molecule has 5 aromatic rings. The average Bonchev–Trinajstić information content (AvgIpc) is 3.71. The second-order valence-electron chi connectivity index (χ2n) is 10.1. The minimum atomic E-state index is -0.361. The van der Waals surface area contributed by atoms with Crippen LogP contribution in [0.25, 0.3) is 16.9 Å². The number of phenolic OH excluding ortho intramolecular Hbond substituents is 1. The van der Waals surface area contributed by atoms with Crippen molar-refractivity contribution < 1.29 is 14.6 Å². The zero-order chi connectivity index (χ0) is 27.2. The number of nitrogens with zero attached hydrogens (tertiary/aromatic N) is 5. The maximum Gasteiger partial charge on any atom is 0.276 e. The van der Waals surface area contributed by atoms with Crippen LogP contribution in [-0.4, -0.2) is 49.0 Å². The molecule has 0 aliphatic carbocycles. The number of hydrogen-bond acceptors (Lipinski definition) is 7. The molecule has 3 aromatic heterocycles. The predicted molar refractivity (Wildman–Crippen MR) is 151 cm³/mol. The van der Waals surface area contributed by atoms with Crippen LogP contribution in [0, 0.1) is 0 Å². The summed E-state index contributed by atoms with van der Waals surface area (Å²) in [6, 6.07) is 14.4. The summed E-state index contributed by atoms with van der Waals surface area (Å²) in [7, 11) is 0. The number of hydrogen-bond donors (Lipinski definition) is 3. The number of benzene rings is 2. The summed E-state index contributed by atoms with van der Waals surface area (Å²) in [5.74, 6) is 0.536. The highest BCUT2D eigenvalue weighted by Crippen LogP contribution is 2.37. The first kappa shape index (κ1) is 24.6. The Morgan fingerprint density at radius 3 is 2.75 bits per heavy atom. The van der Waals surface area contributed by atoms with Crippen LogP contribution in [0.4, 0.5) is 11.5 Å². The number of nitrogens with one attached hydrogen (secondary N) is 2. The Hall–Kier alpha value is -4.41. The van der Waals surface area contributed by atoms with Gasteiger partial charge in [-0.25, -0.2) is 9.50 Å². The highest BCUT2D eigenvalue weighted by atomic mass is 35.5. The minimum absolute atomic E-state index is 0.0470. The van der Waals surface area contributed by atoms with E-state index in [0.717, 1.165) is 35.5 Å². The monoisotopic (exact) mass is 555 g/mol. The van der Waals surface area contributed by atoms with Gasteiger partial charge in [0.1, 0.15) is 11.6 Å². The van der Waals surface area contributed by atoms with Gasteiger partial charge >= 0.3 is 0 Å². The minimum Gasteiger partial charge on any atom is -0.508 e. The number of carbonyl (C=O) groups excluding carboxylic acids is 1. The first-order valence-electron chi connectivity index (χ1n) is 13.2. The second-order valence-corrected chi connectivity index (χ2v) is 10.6. The number of H-pyrrole nitrogens is 1. The van der Waals surface area contributed by atoms with Crippen LogP contribution in [0.15, 0.2) is 60.9 Å². The van der Waals surface area contributed by atoms with E-state index in [4.69, 9.17) is 26.4 Å². The number of aromatic nitrogens is 5. The number of ether oxygens (including phenoxy) is 1. The van der Waals surface area contributed by atoms with Gasteiger partial charge in [0.15, 0.2) is 11.3 Å². The lowest BCUT2D eigenvalue weighted by atomic mass is 9.91. The van der Waals surface area contributed by atoms with Crippen molar-refractivity contribution in [2.24, 2.45) is 0 Å². The number of aromatic amines is 1.